The predicted molar refractivity (Wildman–Crippen MR) is 79.3 cm³/mol. The van der Waals surface area contributed by atoms with Crippen molar-refractivity contribution < 1.29 is 19.4 Å². The van der Waals surface area contributed by atoms with Crippen LogP contribution in [-0.4, -0.2) is 52.4 Å². The van der Waals surface area contributed by atoms with Crippen molar-refractivity contribution in [1.82, 2.24) is 4.90 Å². The van der Waals surface area contributed by atoms with Crippen molar-refractivity contribution in [3.05, 3.63) is 24.3 Å². The number of nitrogens with zero attached hydrogens (tertiary/aromatic N) is 1. The number of carbonyl (C=O) groups excluding carboxylic acids is 1. The standard InChI is InChI=1S/C13H15NO4S2/c1-18-9-2-4-10(5-3-9)20-7-12(15)14-8-19-6-11(14)13(16)17/h2-5,11H,6-8H2,1H3,(H,16,17)/t11-/m0/s1. The first-order chi connectivity index (χ1) is 9.61. The van der Waals surface area contributed by atoms with Crippen molar-refractivity contribution in [3.63, 3.8) is 0 Å². The third kappa shape index (κ3) is 3.61. The highest BCUT2D eigenvalue weighted by Gasteiger charge is 2.34. The summed E-state index contributed by atoms with van der Waals surface area (Å²) in [4.78, 5) is 25.5. The third-order valence-electron chi connectivity index (χ3n) is 2.91. The number of hydrogen-bond acceptors (Lipinski definition) is 5. The maximum atomic E-state index is 12.1. The van der Waals surface area contributed by atoms with E-state index in [2.05, 4.69) is 0 Å². The summed E-state index contributed by atoms with van der Waals surface area (Å²) in [6, 6.07) is 6.73. The van der Waals surface area contributed by atoms with Crippen LogP contribution in [0.1, 0.15) is 0 Å². The second-order valence-electron chi connectivity index (χ2n) is 4.18. The van der Waals surface area contributed by atoms with Gasteiger partial charge in [0.25, 0.3) is 0 Å². The van der Waals surface area contributed by atoms with Gasteiger partial charge in [-0.1, -0.05) is 0 Å². The molecule has 0 bridgehead atoms. The Bertz CT molecular complexity index is 492. The molecular weight excluding hydrogens is 298 g/mol. The van der Waals surface area contributed by atoms with Crippen LogP contribution in [0.4, 0.5) is 0 Å². The molecule has 20 heavy (non-hydrogen) atoms. The minimum absolute atomic E-state index is 0.136. The van der Waals surface area contributed by atoms with Gasteiger partial charge in [0.1, 0.15) is 11.8 Å². The molecule has 0 spiro atoms. The van der Waals surface area contributed by atoms with Gasteiger partial charge in [0.05, 0.1) is 18.7 Å². The molecule has 7 heteroatoms. The summed E-state index contributed by atoms with van der Waals surface area (Å²) in [6.45, 7) is 0. The lowest BCUT2D eigenvalue weighted by Gasteiger charge is -2.20. The van der Waals surface area contributed by atoms with Gasteiger partial charge in [0, 0.05) is 10.6 Å². The van der Waals surface area contributed by atoms with E-state index in [1.807, 2.05) is 24.3 Å². The largest absolute Gasteiger partial charge is 0.497 e. The molecule has 1 aliphatic heterocycles. The van der Waals surface area contributed by atoms with Crippen LogP contribution >= 0.6 is 23.5 Å². The Hall–Kier alpha value is -1.34. The van der Waals surface area contributed by atoms with E-state index in [1.165, 1.54) is 28.4 Å². The van der Waals surface area contributed by atoms with E-state index in [4.69, 9.17) is 9.84 Å². The molecule has 1 atom stereocenters. The van der Waals surface area contributed by atoms with E-state index >= 15 is 0 Å². The van der Waals surface area contributed by atoms with Crippen molar-refractivity contribution in [2.24, 2.45) is 0 Å². The fourth-order valence-electron chi connectivity index (χ4n) is 1.79. The number of thioether (sulfide) groups is 2. The van der Waals surface area contributed by atoms with Crippen molar-refractivity contribution >= 4 is 35.4 Å². The van der Waals surface area contributed by atoms with Crippen LogP contribution in [0.5, 0.6) is 5.75 Å². The molecule has 2 rings (SSSR count). The van der Waals surface area contributed by atoms with E-state index in [9.17, 15) is 9.59 Å². The number of methoxy groups -OCH3 is 1. The quantitative estimate of drug-likeness (QED) is 0.836. The number of rotatable bonds is 5. The number of amides is 1. The monoisotopic (exact) mass is 313 g/mol. The van der Waals surface area contributed by atoms with Gasteiger partial charge < -0.3 is 14.7 Å². The predicted octanol–water partition coefficient (Wildman–Crippen LogP) is 1.77. The second-order valence-corrected chi connectivity index (χ2v) is 6.23. The Morgan fingerprint density at radius 1 is 1.45 bits per heavy atom. The van der Waals surface area contributed by atoms with E-state index in [0.717, 1.165) is 10.6 Å². The smallest absolute Gasteiger partial charge is 0.327 e. The third-order valence-corrected chi connectivity index (χ3v) is 4.92. The van der Waals surface area contributed by atoms with Gasteiger partial charge in [-0.25, -0.2) is 4.79 Å². The normalized spacial score (nSPS) is 18.1. The molecule has 0 saturated carbocycles. The minimum atomic E-state index is -0.933. The maximum absolute atomic E-state index is 12.1. The van der Waals surface area contributed by atoms with Gasteiger partial charge in [-0.2, -0.15) is 0 Å². The Labute approximate surface area is 125 Å². The van der Waals surface area contributed by atoms with Crippen LogP contribution in [0, 0.1) is 0 Å². The Morgan fingerprint density at radius 2 is 2.15 bits per heavy atom. The molecule has 1 aromatic rings. The number of benzene rings is 1. The average molecular weight is 313 g/mol. The van der Waals surface area contributed by atoms with Gasteiger partial charge in [-0.15, -0.1) is 23.5 Å². The second kappa shape index (κ2) is 6.90. The summed E-state index contributed by atoms with van der Waals surface area (Å²) in [5, 5.41) is 9.05. The zero-order chi connectivity index (χ0) is 14.5. The van der Waals surface area contributed by atoms with Crippen LogP contribution in [0.25, 0.3) is 0 Å². The first kappa shape index (κ1) is 15.1. The lowest BCUT2D eigenvalue weighted by Crippen LogP contribution is -2.42. The van der Waals surface area contributed by atoms with Gasteiger partial charge in [-0.05, 0) is 24.3 Å². The Morgan fingerprint density at radius 3 is 2.75 bits per heavy atom. The number of aliphatic carboxylic acids is 1. The molecule has 1 heterocycles. The first-order valence-corrected chi connectivity index (χ1v) is 8.12. The molecule has 108 valence electrons. The van der Waals surface area contributed by atoms with Crippen LogP contribution in [0.2, 0.25) is 0 Å². The summed E-state index contributed by atoms with van der Waals surface area (Å²) in [6.07, 6.45) is 0. The minimum Gasteiger partial charge on any atom is -0.497 e. The fraction of sp³-hybridized carbons (Fsp3) is 0.385. The molecule has 1 N–H and O–H groups in total. The van der Waals surface area contributed by atoms with Crippen LogP contribution in [-0.2, 0) is 9.59 Å². The van der Waals surface area contributed by atoms with Crippen LogP contribution in [0.3, 0.4) is 0 Å². The molecule has 0 aliphatic carbocycles. The van der Waals surface area contributed by atoms with Gasteiger partial charge in [0.2, 0.25) is 5.91 Å². The van der Waals surface area contributed by atoms with E-state index in [0.29, 0.717) is 11.6 Å². The lowest BCUT2D eigenvalue weighted by atomic mass is 10.3. The summed E-state index contributed by atoms with van der Waals surface area (Å²) in [5.41, 5.74) is 0. The zero-order valence-corrected chi connectivity index (χ0v) is 12.6. The van der Waals surface area contributed by atoms with Gasteiger partial charge >= 0.3 is 5.97 Å². The fourth-order valence-corrected chi connectivity index (χ4v) is 3.75. The molecule has 1 aliphatic rings. The van der Waals surface area contributed by atoms with Crippen molar-refractivity contribution in [1.29, 1.82) is 0 Å². The number of carbonyl (C=O) groups is 2. The number of carboxylic acid groups (broad SMARTS) is 1. The molecule has 1 saturated heterocycles. The number of carboxylic acids is 1. The molecule has 1 amide bonds. The van der Waals surface area contributed by atoms with Crippen molar-refractivity contribution in [3.8, 4) is 5.75 Å². The van der Waals surface area contributed by atoms with Crippen LogP contribution < -0.4 is 4.74 Å². The molecule has 0 aromatic heterocycles. The summed E-state index contributed by atoms with van der Waals surface area (Å²) in [7, 11) is 1.60. The van der Waals surface area contributed by atoms with E-state index in [-0.39, 0.29) is 11.7 Å². The zero-order valence-electron chi connectivity index (χ0n) is 10.9. The highest BCUT2D eigenvalue weighted by Crippen LogP contribution is 2.25. The summed E-state index contributed by atoms with van der Waals surface area (Å²) >= 11 is 2.87. The Balaban J connectivity index is 1.89. The number of ether oxygens (including phenoxy) is 1. The molecule has 0 unspecified atom stereocenters. The lowest BCUT2D eigenvalue weighted by molar-refractivity contribution is -0.146. The molecule has 5 nitrogen and oxygen atoms in total. The van der Waals surface area contributed by atoms with E-state index < -0.39 is 12.0 Å². The maximum Gasteiger partial charge on any atom is 0.327 e. The van der Waals surface area contributed by atoms with Crippen molar-refractivity contribution in [2.75, 3.05) is 24.5 Å². The highest BCUT2D eigenvalue weighted by atomic mass is 32.2. The van der Waals surface area contributed by atoms with Crippen LogP contribution in [0.15, 0.2) is 29.2 Å². The number of hydrogen-bond donors (Lipinski definition) is 1. The molecule has 1 fully saturated rings. The first-order valence-electron chi connectivity index (χ1n) is 5.98. The van der Waals surface area contributed by atoms with Gasteiger partial charge in [-0.3, -0.25) is 4.79 Å². The topological polar surface area (TPSA) is 66.8 Å². The highest BCUT2D eigenvalue weighted by molar-refractivity contribution is 8.00. The average Bonchev–Trinajstić information content (AvgIpc) is 2.95. The summed E-state index contributed by atoms with van der Waals surface area (Å²) < 4.78 is 5.06. The summed E-state index contributed by atoms with van der Waals surface area (Å²) in [5.74, 6) is 0.868. The van der Waals surface area contributed by atoms with Gasteiger partial charge in [0.15, 0.2) is 0 Å². The van der Waals surface area contributed by atoms with Crippen molar-refractivity contribution in [2.45, 2.75) is 10.9 Å². The Kier molecular flexibility index (Phi) is 5.19. The molecule has 0 radical (unpaired) electrons. The molecule has 1 aromatic carbocycles. The van der Waals surface area contributed by atoms with E-state index in [1.54, 1.807) is 7.11 Å². The molecular formula is C13H15NO4S2. The SMILES string of the molecule is COc1ccc(SCC(=O)N2CSC[C@H]2C(=O)O)cc1.